The molecule has 48 valence electrons. The summed E-state index contributed by atoms with van der Waals surface area (Å²) >= 11 is 1.17. The molecule has 0 bridgehead atoms. The van der Waals surface area contributed by atoms with Gasteiger partial charge in [-0.25, -0.2) is 0 Å². The lowest BCUT2D eigenvalue weighted by atomic mass is 10.7. The number of hydrogen-bond acceptors (Lipinski definition) is 3. The molecule has 0 N–H and O–H groups in total. The van der Waals surface area contributed by atoms with Gasteiger partial charge in [-0.05, 0) is 17.8 Å². The summed E-state index contributed by atoms with van der Waals surface area (Å²) in [6, 6.07) is 1.76. The highest BCUT2D eigenvalue weighted by molar-refractivity contribution is 8.13. The Morgan fingerprint density at radius 1 is 1.78 bits per heavy atom. The quantitative estimate of drug-likeness (QED) is 0.561. The normalized spacial score (nSPS) is 9.44. The molecular formula is C6H6O2S. The summed E-state index contributed by atoms with van der Waals surface area (Å²) in [6.45, 7) is 1.53. The van der Waals surface area contributed by atoms with Gasteiger partial charge in [-0.3, -0.25) is 4.79 Å². The Balaban J connectivity index is 2.58. The van der Waals surface area contributed by atoms with Crippen molar-refractivity contribution in [1.82, 2.24) is 0 Å². The van der Waals surface area contributed by atoms with Crippen molar-refractivity contribution in [2.45, 2.75) is 11.8 Å². The summed E-state index contributed by atoms with van der Waals surface area (Å²) in [5, 5.41) is 0.0800. The lowest BCUT2D eigenvalue weighted by molar-refractivity contribution is -0.109. The molecule has 0 aliphatic rings. The molecule has 1 rings (SSSR count). The van der Waals surface area contributed by atoms with Gasteiger partial charge in [-0.2, -0.15) is 0 Å². The summed E-state index contributed by atoms with van der Waals surface area (Å²) in [4.78, 5) is 11.3. The van der Waals surface area contributed by atoms with Crippen molar-refractivity contribution in [3.05, 3.63) is 18.6 Å². The van der Waals surface area contributed by atoms with Crippen LogP contribution in [0, 0.1) is 0 Å². The standard InChI is InChI=1S/C6H6O2S/c1-5(7)9-6-2-3-8-4-6/h2-4H,1H3. The van der Waals surface area contributed by atoms with E-state index >= 15 is 0 Å². The van der Waals surface area contributed by atoms with E-state index in [1.807, 2.05) is 0 Å². The Labute approximate surface area is 57.2 Å². The highest BCUT2D eigenvalue weighted by atomic mass is 32.2. The third-order valence-corrected chi connectivity index (χ3v) is 1.51. The summed E-state index contributed by atoms with van der Waals surface area (Å²) < 4.78 is 4.74. The summed E-state index contributed by atoms with van der Waals surface area (Å²) in [5.41, 5.74) is 0. The molecule has 0 aliphatic carbocycles. The van der Waals surface area contributed by atoms with E-state index in [0.717, 1.165) is 4.90 Å². The van der Waals surface area contributed by atoms with E-state index in [0.29, 0.717) is 0 Å². The van der Waals surface area contributed by atoms with Crippen LogP contribution in [0.15, 0.2) is 27.9 Å². The average molecular weight is 142 g/mol. The van der Waals surface area contributed by atoms with Crippen molar-refractivity contribution in [3.63, 3.8) is 0 Å². The second-order valence-corrected chi connectivity index (χ2v) is 2.80. The fourth-order valence-electron chi connectivity index (χ4n) is 0.476. The molecule has 0 amide bonds. The predicted molar refractivity (Wildman–Crippen MR) is 35.2 cm³/mol. The van der Waals surface area contributed by atoms with Crippen LogP contribution in [0.2, 0.25) is 0 Å². The first-order valence-corrected chi connectivity index (χ1v) is 3.31. The zero-order valence-electron chi connectivity index (χ0n) is 4.96. The molecular weight excluding hydrogens is 136 g/mol. The van der Waals surface area contributed by atoms with Crippen LogP contribution in [0.4, 0.5) is 0 Å². The molecule has 9 heavy (non-hydrogen) atoms. The van der Waals surface area contributed by atoms with Gasteiger partial charge in [0.2, 0.25) is 0 Å². The molecule has 0 atom stereocenters. The lowest BCUT2D eigenvalue weighted by Gasteiger charge is -1.84. The Morgan fingerprint density at radius 2 is 2.56 bits per heavy atom. The molecule has 0 spiro atoms. The van der Waals surface area contributed by atoms with E-state index < -0.39 is 0 Å². The van der Waals surface area contributed by atoms with Crippen molar-refractivity contribution in [3.8, 4) is 0 Å². The molecule has 0 saturated heterocycles. The second kappa shape index (κ2) is 2.73. The Kier molecular flexibility index (Phi) is 1.95. The molecule has 0 aromatic carbocycles. The van der Waals surface area contributed by atoms with E-state index in [1.54, 1.807) is 18.6 Å². The van der Waals surface area contributed by atoms with Gasteiger partial charge < -0.3 is 4.42 Å². The fourth-order valence-corrected chi connectivity index (χ4v) is 1.04. The number of carbonyl (C=O) groups is 1. The van der Waals surface area contributed by atoms with Crippen molar-refractivity contribution in [2.24, 2.45) is 0 Å². The molecule has 1 aromatic heterocycles. The van der Waals surface area contributed by atoms with Gasteiger partial charge in [0, 0.05) is 6.92 Å². The topological polar surface area (TPSA) is 30.2 Å². The first kappa shape index (κ1) is 6.42. The van der Waals surface area contributed by atoms with Gasteiger partial charge >= 0.3 is 0 Å². The summed E-state index contributed by atoms with van der Waals surface area (Å²) in [5.74, 6) is 0. The highest BCUT2D eigenvalue weighted by Crippen LogP contribution is 2.17. The van der Waals surface area contributed by atoms with Crippen molar-refractivity contribution < 1.29 is 9.21 Å². The van der Waals surface area contributed by atoms with Crippen molar-refractivity contribution in [1.29, 1.82) is 0 Å². The molecule has 1 aromatic rings. The Hall–Kier alpha value is -0.700. The van der Waals surface area contributed by atoms with Crippen LogP contribution in [0.1, 0.15) is 6.92 Å². The third-order valence-electron chi connectivity index (χ3n) is 0.757. The monoisotopic (exact) mass is 142 g/mol. The maximum atomic E-state index is 10.4. The largest absolute Gasteiger partial charge is 0.471 e. The zero-order valence-corrected chi connectivity index (χ0v) is 5.77. The van der Waals surface area contributed by atoms with E-state index in [1.165, 1.54) is 18.7 Å². The van der Waals surface area contributed by atoms with Crippen LogP contribution in [0.5, 0.6) is 0 Å². The van der Waals surface area contributed by atoms with Crippen LogP contribution >= 0.6 is 11.8 Å². The zero-order chi connectivity index (χ0) is 6.69. The summed E-state index contributed by atoms with van der Waals surface area (Å²) in [7, 11) is 0. The van der Waals surface area contributed by atoms with Gasteiger partial charge in [0.15, 0.2) is 5.12 Å². The molecule has 3 heteroatoms. The van der Waals surface area contributed by atoms with E-state index in [2.05, 4.69) is 0 Å². The first-order valence-electron chi connectivity index (χ1n) is 2.49. The minimum atomic E-state index is 0.0800. The SMILES string of the molecule is CC(=O)Sc1ccoc1. The maximum absolute atomic E-state index is 10.4. The maximum Gasteiger partial charge on any atom is 0.190 e. The minimum absolute atomic E-state index is 0.0800. The second-order valence-electron chi connectivity index (χ2n) is 1.55. The number of furan rings is 1. The number of rotatable bonds is 1. The predicted octanol–water partition coefficient (Wildman–Crippen LogP) is 1.92. The molecule has 0 saturated carbocycles. The molecule has 0 aliphatic heterocycles. The Bertz CT molecular complexity index is 191. The van der Waals surface area contributed by atoms with Gasteiger partial charge in [0.05, 0.1) is 11.2 Å². The summed E-state index contributed by atoms with van der Waals surface area (Å²) in [6.07, 6.45) is 3.09. The van der Waals surface area contributed by atoms with Crippen molar-refractivity contribution >= 4 is 16.9 Å². The van der Waals surface area contributed by atoms with Crippen LogP contribution < -0.4 is 0 Å². The molecule has 0 fully saturated rings. The lowest BCUT2D eigenvalue weighted by Crippen LogP contribution is -1.76. The van der Waals surface area contributed by atoms with Crippen LogP contribution in [0.3, 0.4) is 0 Å². The smallest absolute Gasteiger partial charge is 0.190 e. The van der Waals surface area contributed by atoms with Crippen molar-refractivity contribution in [2.75, 3.05) is 0 Å². The highest BCUT2D eigenvalue weighted by Gasteiger charge is 1.97. The molecule has 1 heterocycles. The molecule has 0 unspecified atom stereocenters. The van der Waals surface area contributed by atoms with Crippen LogP contribution in [-0.4, -0.2) is 5.12 Å². The minimum Gasteiger partial charge on any atom is -0.471 e. The first-order chi connectivity index (χ1) is 4.29. The molecule has 2 nitrogen and oxygen atoms in total. The van der Waals surface area contributed by atoms with Crippen LogP contribution in [-0.2, 0) is 4.79 Å². The molecule has 0 radical (unpaired) electrons. The van der Waals surface area contributed by atoms with Gasteiger partial charge in [-0.1, -0.05) is 0 Å². The van der Waals surface area contributed by atoms with Gasteiger partial charge in [0.1, 0.15) is 6.26 Å². The fraction of sp³-hybridized carbons (Fsp3) is 0.167. The number of hydrogen-bond donors (Lipinski definition) is 0. The Morgan fingerprint density at radius 3 is 3.00 bits per heavy atom. The number of thioether (sulfide) groups is 1. The van der Waals surface area contributed by atoms with E-state index in [4.69, 9.17) is 4.42 Å². The van der Waals surface area contributed by atoms with Crippen LogP contribution in [0.25, 0.3) is 0 Å². The van der Waals surface area contributed by atoms with E-state index in [-0.39, 0.29) is 5.12 Å². The number of carbonyl (C=O) groups excluding carboxylic acids is 1. The van der Waals surface area contributed by atoms with Gasteiger partial charge in [0.25, 0.3) is 0 Å². The van der Waals surface area contributed by atoms with Gasteiger partial charge in [-0.15, -0.1) is 0 Å². The van der Waals surface area contributed by atoms with E-state index in [9.17, 15) is 4.79 Å². The average Bonchev–Trinajstić information content (AvgIpc) is 2.15. The third kappa shape index (κ3) is 1.93.